The summed E-state index contributed by atoms with van der Waals surface area (Å²) in [5.41, 5.74) is 2.52. The normalized spacial score (nSPS) is 11.9. The number of aromatic nitrogens is 1. The van der Waals surface area contributed by atoms with Crippen LogP contribution in [0.5, 0.6) is 0 Å². The van der Waals surface area contributed by atoms with E-state index >= 15 is 0 Å². The third kappa shape index (κ3) is 4.39. The summed E-state index contributed by atoms with van der Waals surface area (Å²) in [5.74, 6) is -1.51. The van der Waals surface area contributed by atoms with Gasteiger partial charge in [-0.2, -0.15) is 0 Å². The Morgan fingerprint density at radius 1 is 1.65 bits per heavy atom. The van der Waals surface area contributed by atoms with Crippen molar-refractivity contribution in [2.45, 2.75) is 13.5 Å². The van der Waals surface area contributed by atoms with E-state index in [1.165, 1.54) is 16.2 Å². The molecule has 2 N–H and O–H groups in total. The van der Waals surface area contributed by atoms with Gasteiger partial charge >= 0.3 is 12.0 Å². The van der Waals surface area contributed by atoms with E-state index in [9.17, 15) is 9.59 Å². The van der Waals surface area contributed by atoms with Crippen molar-refractivity contribution in [2.24, 2.45) is 5.92 Å². The molecular weight excluding hydrogens is 242 g/mol. The maximum Gasteiger partial charge on any atom is 0.317 e. The minimum absolute atomic E-state index is 0.121. The summed E-state index contributed by atoms with van der Waals surface area (Å²) in [4.78, 5) is 27.7. The van der Waals surface area contributed by atoms with Crippen LogP contribution in [0.2, 0.25) is 0 Å². The van der Waals surface area contributed by atoms with Gasteiger partial charge in [-0.25, -0.2) is 9.78 Å². The number of carbonyl (C=O) groups is 2. The molecule has 1 aromatic rings. The molecule has 0 spiro atoms. The summed E-state index contributed by atoms with van der Waals surface area (Å²) in [6.07, 6.45) is 0. The Balaban J connectivity index is 2.34. The Kier molecular flexibility index (Phi) is 4.89. The van der Waals surface area contributed by atoms with Crippen molar-refractivity contribution < 1.29 is 14.7 Å². The monoisotopic (exact) mass is 257 g/mol. The van der Waals surface area contributed by atoms with Gasteiger partial charge in [0.25, 0.3) is 0 Å². The van der Waals surface area contributed by atoms with Gasteiger partial charge in [0.05, 0.1) is 23.7 Å². The van der Waals surface area contributed by atoms with E-state index in [4.69, 9.17) is 5.11 Å². The molecule has 0 aliphatic heterocycles. The van der Waals surface area contributed by atoms with Crippen LogP contribution >= 0.6 is 11.3 Å². The molecular formula is C10H15N3O3S. The van der Waals surface area contributed by atoms with E-state index in [0.717, 1.165) is 5.69 Å². The topological polar surface area (TPSA) is 82.5 Å². The van der Waals surface area contributed by atoms with Gasteiger partial charge in [-0.3, -0.25) is 4.79 Å². The molecule has 1 atom stereocenters. The fraction of sp³-hybridized carbons (Fsp3) is 0.500. The predicted molar refractivity (Wildman–Crippen MR) is 63.8 cm³/mol. The van der Waals surface area contributed by atoms with Crippen molar-refractivity contribution >= 4 is 23.3 Å². The lowest BCUT2D eigenvalue weighted by Gasteiger charge is -2.17. The van der Waals surface area contributed by atoms with Gasteiger partial charge < -0.3 is 15.3 Å². The number of amides is 2. The van der Waals surface area contributed by atoms with Gasteiger partial charge in [0.2, 0.25) is 0 Å². The molecule has 1 rings (SSSR count). The smallest absolute Gasteiger partial charge is 0.317 e. The maximum absolute atomic E-state index is 11.6. The number of carboxylic acid groups (broad SMARTS) is 1. The van der Waals surface area contributed by atoms with Crippen LogP contribution in [0.25, 0.3) is 0 Å². The minimum Gasteiger partial charge on any atom is -0.481 e. The molecule has 0 saturated heterocycles. The molecule has 0 saturated carbocycles. The molecule has 94 valence electrons. The zero-order chi connectivity index (χ0) is 12.8. The van der Waals surface area contributed by atoms with Gasteiger partial charge in [-0.05, 0) is 0 Å². The molecule has 1 heterocycles. The third-order valence-corrected chi connectivity index (χ3v) is 2.85. The largest absolute Gasteiger partial charge is 0.481 e. The predicted octanol–water partition coefficient (Wildman–Crippen LogP) is 1.01. The number of rotatable bonds is 5. The quantitative estimate of drug-likeness (QED) is 0.824. The Labute approximate surface area is 103 Å². The highest BCUT2D eigenvalue weighted by Gasteiger charge is 2.14. The van der Waals surface area contributed by atoms with E-state index in [-0.39, 0.29) is 12.6 Å². The average molecular weight is 257 g/mol. The van der Waals surface area contributed by atoms with Crippen LogP contribution < -0.4 is 5.32 Å². The molecule has 1 unspecified atom stereocenters. The number of thiazole rings is 1. The van der Waals surface area contributed by atoms with E-state index < -0.39 is 11.9 Å². The van der Waals surface area contributed by atoms with Crippen LogP contribution in [0, 0.1) is 5.92 Å². The van der Waals surface area contributed by atoms with Gasteiger partial charge in [0.15, 0.2) is 0 Å². The Bertz CT molecular complexity index is 380. The van der Waals surface area contributed by atoms with Crippen LogP contribution in [0.3, 0.4) is 0 Å². The summed E-state index contributed by atoms with van der Waals surface area (Å²) in [6, 6.07) is -0.300. The first kappa shape index (κ1) is 13.4. The standard InChI is InChI=1S/C10H15N3O3S/c1-7(9(14)15)3-11-10(16)13(2)4-8-5-17-6-12-8/h5-7H,3-4H2,1-2H3,(H,11,16)(H,14,15). The number of nitrogens with one attached hydrogen (secondary N) is 1. The van der Waals surface area contributed by atoms with Crippen LogP contribution in [-0.4, -0.2) is 40.6 Å². The molecule has 0 aliphatic carbocycles. The molecule has 7 heteroatoms. The highest BCUT2D eigenvalue weighted by atomic mass is 32.1. The molecule has 2 amide bonds. The number of hydrogen-bond donors (Lipinski definition) is 2. The Morgan fingerprint density at radius 2 is 2.35 bits per heavy atom. The number of urea groups is 1. The number of nitrogens with zero attached hydrogens (tertiary/aromatic N) is 2. The second kappa shape index (κ2) is 6.19. The van der Waals surface area contributed by atoms with Crippen molar-refractivity contribution in [1.82, 2.24) is 15.2 Å². The molecule has 6 nitrogen and oxygen atoms in total. The van der Waals surface area contributed by atoms with Gasteiger partial charge in [-0.15, -0.1) is 11.3 Å². The first-order valence-electron chi connectivity index (χ1n) is 5.09. The fourth-order valence-electron chi connectivity index (χ4n) is 1.09. The lowest BCUT2D eigenvalue weighted by Crippen LogP contribution is -2.40. The van der Waals surface area contributed by atoms with Crippen molar-refractivity contribution in [3.63, 3.8) is 0 Å². The van der Waals surface area contributed by atoms with Crippen molar-refractivity contribution in [3.05, 3.63) is 16.6 Å². The van der Waals surface area contributed by atoms with Gasteiger partial charge in [0.1, 0.15) is 0 Å². The van der Waals surface area contributed by atoms with E-state index in [1.54, 1.807) is 19.5 Å². The lowest BCUT2D eigenvalue weighted by atomic mass is 10.2. The van der Waals surface area contributed by atoms with Crippen LogP contribution in [-0.2, 0) is 11.3 Å². The van der Waals surface area contributed by atoms with Crippen molar-refractivity contribution in [3.8, 4) is 0 Å². The summed E-state index contributed by atoms with van der Waals surface area (Å²) in [7, 11) is 1.64. The second-order valence-electron chi connectivity index (χ2n) is 3.76. The summed E-state index contributed by atoms with van der Waals surface area (Å²) in [5, 5.41) is 13.1. The zero-order valence-electron chi connectivity index (χ0n) is 9.71. The Morgan fingerprint density at radius 3 is 2.88 bits per heavy atom. The van der Waals surface area contributed by atoms with E-state index in [2.05, 4.69) is 10.3 Å². The summed E-state index contributed by atoms with van der Waals surface area (Å²) in [6.45, 7) is 2.08. The zero-order valence-corrected chi connectivity index (χ0v) is 10.5. The number of carbonyl (C=O) groups excluding carboxylic acids is 1. The molecule has 0 aromatic carbocycles. The van der Waals surface area contributed by atoms with Crippen molar-refractivity contribution in [1.29, 1.82) is 0 Å². The number of carboxylic acids is 1. The van der Waals surface area contributed by atoms with Crippen molar-refractivity contribution in [2.75, 3.05) is 13.6 Å². The fourth-order valence-corrected chi connectivity index (χ4v) is 1.64. The first-order valence-corrected chi connectivity index (χ1v) is 6.03. The molecule has 0 bridgehead atoms. The molecule has 1 aromatic heterocycles. The molecule has 17 heavy (non-hydrogen) atoms. The third-order valence-electron chi connectivity index (χ3n) is 2.21. The van der Waals surface area contributed by atoms with Crippen LogP contribution in [0.15, 0.2) is 10.9 Å². The van der Waals surface area contributed by atoms with Crippen LogP contribution in [0.1, 0.15) is 12.6 Å². The molecule has 0 radical (unpaired) electrons. The van der Waals surface area contributed by atoms with E-state index in [0.29, 0.717) is 6.54 Å². The van der Waals surface area contributed by atoms with Crippen LogP contribution in [0.4, 0.5) is 4.79 Å². The highest BCUT2D eigenvalue weighted by Crippen LogP contribution is 2.04. The molecule has 0 fully saturated rings. The van der Waals surface area contributed by atoms with E-state index in [1.807, 2.05) is 5.38 Å². The minimum atomic E-state index is -0.924. The van der Waals surface area contributed by atoms with Gasteiger partial charge in [0, 0.05) is 19.0 Å². The lowest BCUT2D eigenvalue weighted by molar-refractivity contribution is -0.140. The average Bonchev–Trinajstić information content (AvgIpc) is 2.77. The number of aliphatic carboxylic acids is 1. The Hall–Kier alpha value is -1.63. The molecule has 0 aliphatic rings. The highest BCUT2D eigenvalue weighted by molar-refractivity contribution is 7.07. The summed E-state index contributed by atoms with van der Waals surface area (Å²) < 4.78 is 0. The first-order chi connectivity index (χ1) is 8.00. The van der Waals surface area contributed by atoms with Gasteiger partial charge in [-0.1, -0.05) is 6.92 Å². The SMILES string of the molecule is CC(CNC(=O)N(C)Cc1cscn1)C(=O)O. The maximum atomic E-state index is 11.6. The second-order valence-corrected chi connectivity index (χ2v) is 4.48. The number of hydrogen-bond acceptors (Lipinski definition) is 4. The summed E-state index contributed by atoms with van der Waals surface area (Å²) >= 11 is 1.47.